The summed E-state index contributed by atoms with van der Waals surface area (Å²) in [6, 6.07) is 2.29. The lowest BCUT2D eigenvalue weighted by Gasteiger charge is -2.09. The van der Waals surface area contributed by atoms with E-state index in [1.807, 2.05) is 0 Å². The minimum absolute atomic E-state index is 0.266. The molecule has 0 spiro atoms. The molecule has 0 radical (unpaired) electrons. The molecule has 19 heavy (non-hydrogen) atoms. The van der Waals surface area contributed by atoms with Crippen LogP contribution in [0.3, 0.4) is 0 Å². The number of halogens is 2. The number of ether oxygens (including phenoxy) is 1. The maximum absolute atomic E-state index is 13.6. The van der Waals surface area contributed by atoms with Crippen LogP contribution in [0.4, 0.5) is 8.78 Å². The Labute approximate surface area is 110 Å². The summed E-state index contributed by atoms with van der Waals surface area (Å²) in [5, 5.41) is 2.43. The zero-order chi connectivity index (χ0) is 14.3. The average Bonchev–Trinajstić information content (AvgIpc) is 2.35. The van der Waals surface area contributed by atoms with Crippen molar-refractivity contribution >= 4 is 5.91 Å². The fourth-order valence-corrected chi connectivity index (χ4v) is 1.44. The molecule has 0 aliphatic rings. The fraction of sp³-hybridized carbons (Fsp3) is 0.308. The molecule has 1 aromatic carbocycles. The summed E-state index contributed by atoms with van der Waals surface area (Å²) in [4.78, 5) is 11.2. The Kier molecular flexibility index (Phi) is 5.95. The number of nitrogens with two attached hydrogens (primary N) is 1. The summed E-state index contributed by atoms with van der Waals surface area (Å²) >= 11 is 0. The Bertz CT molecular complexity index is 441. The van der Waals surface area contributed by atoms with Crippen LogP contribution in [-0.4, -0.2) is 25.6 Å². The van der Waals surface area contributed by atoms with Gasteiger partial charge in [-0.25, -0.2) is 8.78 Å². The highest BCUT2D eigenvalue weighted by Gasteiger charge is 2.13. The van der Waals surface area contributed by atoms with E-state index in [-0.39, 0.29) is 6.54 Å². The molecule has 0 bridgehead atoms. The second-order valence-corrected chi connectivity index (χ2v) is 3.81. The minimum Gasteiger partial charge on any atom is -0.478 e. The van der Waals surface area contributed by atoms with Crippen LogP contribution in [0.15, 0.2) is 24.8 Å². The molecule has 0 saturated carbocycles. The predicted octanol–water partition coefficient (Wildman–Crippen LogP) is 1.15. The maximum Gasteiger partial charge on any atom is 0.258 e. The highest BCUT2D eigenvalue weighted by atomic mass is 19.1. The van der Waals surface area contributed by atoms with Gasteiger partial charge in [0.2, 0.25) is 0 Å². The molecule has 0 aliphatic heterocycles. The van der Waals surface area contributed by atoms with Crippen LogP contribution < -0.4 is 15.8 Å². The first-order chi connectivity index (χ1) is 9.08. The van der Waals surface area contributed by atoms with Gasteiger partial charge < -0.3 is 15.8 Å². The molecule has 0 unspecified atom stereocenters. The molecule has 6 heteroatoms. The highest BCUT2D eigenvalue weighted by molar-refractivity contribution is 5.77. The summed E-state index contributed by atoms with van der Waals surface area (Å²) in [6.07, 6.45) is 1.86. The molecule has 1 aromatic rings. The van der Waals surface area contributed by atoms with Crippen LogP contribution in [0.1, 0.15) is 5.56 Å². The molecule has 1 rings (SSSR count). The first kappa shape index (κ1) is 15.1. The van der Waals surface area contributed by atoms with E-state index in [1.54, 1.807) is 0 Å². The lowest BCUT2D eigenvalue weighted by Crippen LogP contribution is -2.29. The topological polar surface area (TPSA) is 64.3 Å². The molecule has 0 aliphatic carbocycles. The van der Waals surface area contributed by atoms with E-state index in [0.717, 1.165) is 12.1 Å². The number of carbonyl (C=O) groups excluding carboxylic acids is 1. The second kappa shape index (κ2) is 7.48. The van der Waals surface area contributed by atoms with Crippen molar-refractivity contribution in [3.8, 4) is 5.75 Å². The Hall–Kier alpha value is -1.95. The van der Waals surface area contributed by atoms with Crippen LogP contribution in [0.2, 0.25) is 0 Å². The highest BCUT2D eigenvalue weighted by Crippen LogP contribution is 2.23. The number of hydrogen-bond donors (Lipinski definition) is 2. The van der Waals surface area contributed by atoms with Gasteiger partial charge in [-0.15, -0.1) is 6.58 Å². The first-order valence-corrected chi connectivity index (χ1v) is 5.76. The Morgan fingerprint density at radius 1 is 1.42 bits per heavy atom. The van der Waals surface area contributed by atoms with Gasteiger partial charge in [0.15, 0.2) is 24.0 Å². The Balaban J connectivity index is 2.68. The van der Waals surface area contributed by atoms with Gasteiger partial charge in [0.1, 0.15) is 0 Å². The SMILES string of the molecule is C=CCNC(=O)COc1c(F)cc(CCN)cc1F. The van der Waals surface area contributed by atoms with Gasteiger partial charge in [-0.1, -0.05) is 6.08 Å². The molecular weight excluding hydrogens is 254 g/mol. The first-order valence-electron chi connectivity index (χ1n) is 5.76. The molecule has 0 heterocycles. The molecule has 0 saturated heterocycles. The predicted molar refractivity (Wildman–Crippen MR) is 67.8 cm³/mol. The van der Waals surface area contributed by atoms with Gasteiger partial charge in [0, 0.05) is 6.54 Å². The van der Waals surface area contributed by atoms with Crippen molar-refractivity contribution in [1.82, 2.24) is 5.32 Å². The zero-order valence-electron chi connectivity index (χ0n) is 10.4. The third-order valence-electron chi connectivity index (χ3n) is 2.28. The van der Waals surface area contributed by atoms with Crippen molar-refractivity contribution in [2.45, 2.75) is 6.42 Å². The van der Waals surface area contributed by atoms with Gasteiger partial charge in [-0.3, -0.25) is 4.79 Å². The summed E-state index contributed by atoms with van der Waals surface area (Å²) < 4.78 is 32.0. The standard InChI is InChI=1S/C13H16F2N2O2/c1-2-5-17-12(18)8-19-13-10(14)6-9(3-4-16)7-11(13)15/h2,6-7H,1,3-5,8,16H2,(H,17,18). The van der Waals surface area contributed by atoms with Crippen molar-refractivity contribution in [3.63, 3.8) is 0 Å². The van der Waals surface area contributed by atoms with Crippen molar-refractivity contribution in [3.05, 3.63) is 42.0 Å². The third kappa shape index (κ3) is 4.67. The van der Waals surface area contributed by atoms with Gasteiger partial charge in [-0.05, 0) is 30.7 Å². The monoisotopic (exact) mass is 270 g/mol. The van der Waals surface area contributed by atoms with Gasteiger partial charge in [0.05, 0.1) is 0 Å². The van der Waals surface area contributed by atoms with Crippen LogP contribution in [0.5, 0.6) is 5.75 Å². The van der Waals surface area contributed by atoms with Crippen molar-refractivity contribution in [2.24, 2.45) is 5.73 Å². The van der Waals surface area contributed by atoms with Gasteiger partial charge in [-0.2, -0.15) is 0 Å². The van der Waals surface area contributed by atoms with Crippen molar-refractivity contribution in [1.29, 1.82) is 0 Å². The number of carbonyl (C=O) groups is 1. The van der Waals surface area contributed by atoms with Crippen LogP contribution in [0.25, 0.3) is 0 Å². The van der Waals surface area contributed by atoms with Gasteiger partial charge in [0.25, 0.3) is 5.91 Å². The van der Waals surface area contributed by atoms with Crippen molar-refractivity contribution in [2.75, 3.05) is 19.7 Å². The number of rotatable bonds is 7. The number of hydrogen-bond acceptors (Lipinski definition) is 3. The van der Waals surface area contributed by atoms with E-state index in [2.05, 4.69) is 11.9 Å². The second-order valence-electron chi connectivity index (χ2n) is 3.81. The normalized spacial score (nSPS) is 10.1. The van der Waals surface area contributed by atoms with E-state index in [9.17, 15) is 13.6 Å². The molecule has 0 atom stereocenters. The molecule has 1 amide bonds. The Morgan fingerprint density at radius 2 is 2.05 bits per heavy atom. The van der Waals surface area contributed by atoms with E-state index in [1.165, 1.54) is 6.08 Å². The summed E-state index contributed by atoms with van der Waals surface area (Å²) in [5.41, 5.74) is 5.75. The van der Waals surface area contributed by atoms with Crippen LogP contribution in [0, 0.1) is 11.6 Å². The molecule has 0 fully saturated rings. The summed E-state index contributed by atoms with van der Waals surface area (Å²) in [6.45, 7) is 3.52. The lowest BCUT2D eigenvalue weighted by molar-refractivity contribution is -0.122. The van der Waals surface area contributed by atoms with E-state index in [4.69, 9.17) is 10.5 Å². The molecule has 3 N–H and O–H groups in total. The number of amides is 1. The molecule has 4 nitrogen and oxygen atoms in total. The smallest absolute Gasteiger partial charge is 0.258 e. The summed E-state index contributed by atoms with van der Waals surface area (Å²) in [5.74, 6) is -2.74. The quantitative estimate of drug-likeness (QED) is 0.730. The zero-order valence-corrected chi connectivity index (χ0v) is 10.4. The van der Waals surface area contributed by atoms with E-state index >= 15 is 0 Å². The molecule has 0 aromatic heterocycles. The number of nitrogens with one attached hydrogen (secondary N) is 1. The van der Waals surface area contributed by atoms with Gasteiger partial charge >= 0.3 is 0 Å². The maximum atomic E-state index is 13.6. The third-order valence-corrected chi connectivity index (χ3v) is 2.28. The van der Waals surface area contributed by atoms with Crippen LogP contribution in [-0.2, 0) is 11.2 Å². The Morgan fingerprint density at radius 3 is 2.58 bits per heavy atom. The molecular formula is C13H16F2N2O2. The van der Waals surface area contributed by atoms with E-state index in [0.29, 0.717) is 18.5 Å². The number of benzene rings is 1. The average molecular weight is 270 g/mol. The largest absolute Gasteiger partial charge is 0.478 e. The van der Waals surface area contributed by atoms with Crippen LogP contribution >= 0.6 is 0 Å². The minimum atomic E-state index is -0.847. The summed E-state index contributed by atoms with van der Waals surface area (Å²) in [7, 11) is 0. The molecule has 104 valence electrons. The fourth-order valence-electron chi connectivity index (χ4n) is 1.44. The lowest BCUT2D eigenvalue weighted by atomic mass is 10.1. The van der Waals surface area contributed by atoms with Crippen molar-refractivity contribution < 1.29 is 18.3 Å². The van der Waals surface area contributed by atoms with E-state index < -0.39 is 29.9 Å².